The topological polar surface area (TPSA) is 55.1 Å². The second-order valence-corrected chi connectivity index (χ2v) is 3.33. The summed E-state index contributed by atoms with van der Waals surface area (Å²) in [5, 5.41) is 1.73. The summed E-state index contributed by atoms with van der Waals surface area (Å²) in [7, 11) is 0. The van der Waals surface area contributed by atoms with Crippen LogP contribution in [0.15, 0.2) is 30.3 Å². The Hall–Kier alpha value is -1.98. The van der Waals surface area contributed by atoms with E-state index in [1.165, 1.54) is 6.08 Å². The SMILES string of the molecule is Nc1ccc(/C=C/C(=O)NCC(F)(F)F)cc1. The average Bonchev–Trinajstić information content (AvgIpc) is 2.25. The Morgan fingerprint density at radius 1 is 1.29 bits per heavy atom. The van der Waals surface area contributed by atoms with E-state index in [0.717, 1.165) is 6.08 Å². The van der Waals surface area contributed by atoms with Crippen LogP contribution in [0.5, 0.6) is 0 Å². The maximum absolute atomic E-state index is 11.8. The van der Waals surface area contributed by atoms with E-state index >= 15 is 0 Å². The fraction of sp³-hybridized carbons (Fsp3) is 0.182. The summed E-state index contributed by atoms with van der Waals surface area (Å²) < 4.78 is 35.3. The number of carbonyl (C=O) groups is 1. The number of carbonyl (C=O) groups excluding carboxylic acids is 1. The van der Waals surface area contributed by atoms with Gasteiger partial charge in [0.15, 0.2) is 0 Å². The van der Waals surface area contributed by atoms with Crippen LogP contribution in [0.3, 0.4) is 0 Å². The summed E-state index contributed by atoms with van der Waals surface area (Å²) in [5.74, 6) is -0.792. The number of anilines is 1. The van der Waals surface area contributed by atoms with Crippen molar-refractivity contribution in [1.29, 1.82) is 0 Å². The van der Waals surface area contributed by atoms with E-state index in [9.17, 15) is 18.0 Å². The summed E-state index contributed by atoms with van der Waals surface area (Å²) in [4.78, 5) is 11.0. The molecule has 0 unspecified atom stereocenters. The smallest absolute Gasteiger partial charge is 0.399 e. The molecule has 3 nitrogen and oxygen atoms in total. The summed E-state index contributed by atoms with van der Waals surface area (Å²) in [6.07, 6.45) is -1.95. The fourth-order valence-electron chi connectivity index (χ4n) is 1.03. The van der Waals surface area contributed by atoms with Crippen molar-refractivity contribution >= 4 is 17.7 Å². The Balaban J connectivity index is 2.48. The van der Waals surface area contributed by atoms with Gasteiger partial charge in [-0.25, -0.2) is 0 Å². The number of nitrogens with two attached hydrogens (primary N) is 1. The second-order valence-electron chi connectivity index (χ2n) is 3.33. The number of hydrogen-bond acceptors (Lipinski definition) is 2. The fourth-order valence-corrected chi connectivity index (χ4v) is 1.03. The van der Waals surface area contributed by atoms with E-state index < -0.39 is 18.6 Å². The van der Waals surface area contributed by atoms with Gasteiger partial charge in [0, 0.05) is 11.8 Å². The molecule has 0 atom stereocenters. The van der Waals surface area contributed by atoms with Crippen LogP contribution >= 0.6 is 0 Å². The van der Waals surface area contributed by atoms with Gasteiger partial charge in [-0.3, -0.25) is 4.79 Å². The van der Waals surface area contributed by atoms with Crippen LogP contribution in [0.25, 0.3) is 6.08 Å². The molecule has 1 aromatic carbocycles. The molecule has 0 spiro atoms. The molecule has 17 heavy (non-hydrogen) atoms. The molecule has 0 saturated heterocycles. The van der Waals surface area contributed by atoms with Crippen LogP contribution in [-0.2, 0) is 4.79 Å². The number of halogens is 3. The number of alkyl halides is 3. The molecule has 6 heteroatoms. The summed E-state index contributed by atoms with van der Waals surface area (Å²) in [6.45, 7) is -1.34. The van der Waals surface area contributed by atoms with Gasteiger partial charge in [-0.1, -0.05) is 12.1 Å². The molecule has 0 fully saturated rings. The quantitative estimate of drug-likeness (QED) is 0.630. The van der Waals surface area contributed by atoms with Gasteiger partial charge in [0.05, 0.1) is 0 Å². The van der Waals surface area contributed by atoms with Gasteiger partial charge in [-0.05, 0) is 23.8 Å². The first kappa shape index (κ1) is 13.1. The van der Waals surface area contributed by atoms with E-state index in [2.05, 4.69) is 0 Å². The third kappa shape index (κ3) is 5.60. The van der Waals surface area contributed by atoms with Crippen molar-refractivity contribution in [3.05, 3.63) is 35.9 Å². The molecule has 0 aromatic heterocycles. The predicted molar refractivity (Wildman–Crippen MR) is 59.0 cm³/mol. The highest BCUT2D eigenvalue weighted by Crippen LogP contribution is 2.12. The highest BCUT2D eigenvalue weighted by Gasteiger charge is 2.27. The van der Waals surface area contributed by atoms with Gasteiger partial charge in [0.1, 0.15) is 6.54 Å². The summed E-state index contributed by atoms with van der Waals surface area (Å²) >= 11 is 0. The van der Waals surface area contributed by atoms with Crippen molar-refractivity contribution in [3.8, 4) is 0 Å². The molecule has 92 valence electrons. The Kier molecular flexibility index (Phi) is 4.14. The maximum atomic E-state index is 11.8. The predicted octanol–water partition coefficient (Wildman–Crippen LogP) is 1.96. The summed E-state index contributed by atoms with van der Waals surface area (Å²) in [5.41, 5.74) is 6.70. The average molecular weight is 244 g/mol. The van der Waals surface area contributed by atoms with Gasteiger partial charge in [-0.2, -0.15) is 13.2 Å². The largest absolute Gasteiger partial charge is 0.405 e. The number of amides is 1. The standard InChI is InChI=1S/C11H11F3N2O/c12-11(13,14)7-16-10(17)6-3-8-1-4-9(15)5-2-8/h1-6H,7,15H2,(H,16,17)/b6-3+. The van der Waals surface area contributed by atoms with Crippen LogP contribution in [0.1, 0.15) is 5.56 Å². The molecular weight excluding hydrogens is 233 g/mol. The molecule has 0 bridgehead atoms. The number of rotatable bonds is 3. The maximum Gasteiger partial charge on any atom is 0.405 e. The Morgan fingerprint density at radius 3 is 2.41 bits per heavy atom. The van der Waals surface area contributed by atoms with E-state index in [1.54, 1.807) is 29.6 Å². The molecule has 3 N–H and O–H groups in total. The monoisotopic (exact) mass is 244 g/mol. The van der Waals surface area contributed by atoms with Crippen LogP contribution < -0.4 is 11.1 Å². The van der Waals surface area contributed by atoms with E-state index in [0.29, 0.717) is 11.3 Å². The molecule has 0 radical (unpaired) electrons. The number of nitrogens with one attached hydrogen (secondary N) is 1. The first-order valence-electron chi connectivity index (χ1n) is 4.75. The minimum atomic E-state index is -4.40. The lowest BCUT2D eigenvalue weighted by molar-refractivity contribution is -0.135. The zero-order chi connectivity index (χ0) is 12.9. The molecule has 0 heterocycles. The van der Waals surface area contributed by atoms with Gasteiger partial charge in [-0.15, -0.1) is 0 Å². The number of hydrogen-bond donors (Lipinski definition) is 2. The van der Waals surface area contributed by atoms with E-state index in [-0.39, 0.29) is 0 Å². The Bertz CT molecular complexity index is 410. The third-order valence-electron chi connectivity index (χ3n) is 1.83. The van der Waals surface area contributed by atoms with Gasteiger partial charge in [0.2, 0.25) is 5.91 Å². The van der Waals surface area contributed by atoms with Crippen molar-refractivity contribution in [2.24, 2.45) is 0 Å². The second kappa shape index (κ2) is 5.38. The van der Waals surface area contributed by atoms with Crippen LogP contribution in [0.4, 0.5) is 18.9 Å². The summed E-state index contributed by atoms with van der Waals surface area (Å²) in [6, 6.07) is 6.58. The van der Waals surface area contributed by atoms with E-state index in [1.807, 2.05) is 0 Å². The van der Waals surface area contributed by atoms with E-state index in [4.69, 9.17) is 5.73 Å². The zero-order valence-electron chi connectivity index (χ0n) is 8.79. The highest BCUT2D eigenvalue weighted by atomic mass is 19.4. The van der Waals surface area contributed by atoms with Crippen LogP contribution in [0, 0.1) is 0 Å². The van der Waals surface area contributed by atoms with Gasteiger partial charge < -0.3 is 11.1 Å². The molecule has 0 aliphatic rings. The Labute approximate surface area is 96.1 Å². The molecule has 1 rings (SSSR count). The van der Waals surface area contributed by atoms with Crippen LogP contribution in [0.2, 0.25) is 0 Å². The number of benzene rings is 1. The lowest BCUT2D eigenvalue weighted by Crippen LogP contribution is -2.32. The lowest BCUT2D eigenvalue weighted by atomic mass is 10.2. The molecular formula is C11H11F3N2O. The van der Waals surface area contributed by atoms with Crippen LogP contribution in [-0.4, -0.2) is 18.6 Å². The number of nitrogen functional groups attached to an aromatic ring is 1. The van der Waals surface area contributed by atoms with Crippen molar-refractivity contribution in [2.75, 3.05) is 12.3 Å². The Morgan fingerprint density at radius 2 is 1.88 bits per heavy atom. The van der Waals surface area contributed by atoms with Crippen molar-refractivity contribution in [3.63, 3.8) is 0 Å². The molecule has 1 amide bonds. The van der Waals surface area contributed by atoms with Crippen molar-refractivity contribution in [1.82, 2.24) is 5.32 Å². The zero-order valence-corrected chi connectivity index (χ0v) is 8.79. The molecule has 0 aliphatic heterocycles. The van der Waals surface area contributed by atoms with Crippen molar-refractivity contribution < 1.29 is 18.0 Å². The molecule has 1 aromatic rings. The van der Waals surface area contributed by atoms with Crippen molar-refractivity contribution in [2.45, 2.75) is 6.18 Å². The third-order valence-corrected chi connectivity index (χ3v) is 1.83. The first-order valence-corrected chi connectivity index (χ1v) is 4.75. The lowest BCUT2D eigenvalue weighted by Gasteiger charge is -2.05. The molecule has 0 saturated carbocycles. The molecule has 0 aliphatic carbocycles. The highest BCUT2D eigenvalue weighted by molar-refractivity contribution is 5.91. The first-order chi connectivity index (χ1) is 7.87. The minimum absolute atomic E-state index is 0.573. The normalized spacial score (nSPS) is 11.7. The minimum Gasteiger partial charge on any atom is -0.399 e. The van der Waals surface area contributed by atoms with Gasteiger partial charge in [0.25, 0.3) is 0 Å². The van der Waals surface area contributed by atoms with Gasteiger partial charge >= 0.3 is 6.18 Å².